The van der Waals surface area contributed by atoms with E-state index in [1.165, 1.54) is 16.8 Å². The lowest BCUT2D eigenvalue weighted by molar-refractivity contribution is 0.267. The van der Waals surface area contributed by atoms with Gasteiger partial charge in [0, 0.05) is 30.9 Å². The molecule has 2 unspecified atom stereocenters. The van der Waals surface area contributed by atoms with Gasteiger partial charge in [-0.05, 0) is 51.8 Å². The molecule has 0 bridgehead atoms. The fourth-order valence-corrected chi connectivity index (χ4v) is 2.95. The molecule has 0 saturated carbocycles. The van der Waals surface area contributed by atoms with Crippen LogP contribution < -0.4 is 10.2 Å². The van der Waals surface area contributed by atoms with Crippen LogP contribution in [0.2, 0.25) is 0 Å². The Morgan fingerprint density at radius 1 is 1.37 bits per heavy atom. The summed E-state index contributed by atoms with van der Waals surface area (Å²) in [5, 5.41) is 12.7. The van der Waals surface area contributed by atoms with Gasteiger partial charge in [-0.2, -0.15) is 0 Å². The molecule has 1 heterocycles. The Hall–Kier alpha value is -1.06. The number of hydrogen-bond donors (Lipinski definition) is 2. The SMILES string of the molecule is Cc1ccc(N2CC(CCO)NCCC2C)c(C)c1. The van der Waals surface area contributed by atoms with E-state index in [0.717, 1.165) is 25.9 Å². The number of aliphatic hydroxyl groups is 1. The van der Waals surface area contributed by atoms with Crippen molar-refractivity contribution in [3.8, 4) is 0 Å². The third-order valence-corrected chi connectivity index (χ3v) is 4.08. The van der Waals surface area contributed by atoms with Crippen LogP contribution in [0.4, 0.5) is 5.69 Å². The summed E-state index contributed by atoms with van der Waals surface area (Å²) >= 11 is 0. The minimum absolute atomic E-state index is 0.257. The van der Waals surface area contributed by atoms with Gasteiger partial charge in [0.25, 0.3) is 0 Å². The number of benzene rings is 1. The van der Waals surface area contributed by atoms with Crippen molar-refractivity contribution in [2.75, 3.05) is 24.6 Å². The molecule has 19 heavy (non-hydrogen) atoms. The van der Waals surface area contributed by atoms with Crippen molar-refractivity contribution in [1.82, 2.24) is 5.32 Å². The number of rotatable bonds is 3. The van der Waals surface area contributed by atoms with Gasteiger partial charge in [0.05, 0.1) is 0 Å². The van der Waals surface area contributed by atoms with Crippen LogP contribution >= 0.6 is 0 Å². The Kier molecular flexibility index (Phi) is 4.83. The molecule has 1 saturated heterocycles. The van der Waals surface area contributed by atoms with E-state index >= 15 is 0 Å². The highest BCUT2D eigenvalue weighted by Crippen LogP contribution is 2.25. The fraction of sp³-hybridized carbons (Fsp3) is 0.625. The molecule has 1 aliphatic heterocycles. The molecule has 0 spiro atoms. The van der Waals surface area contributed by atoms with Gasteiger partial charge in [0.2, 0.25) is 0 Å². The van der Waals surface area contributed by atoms with E-state index in [-0.39, 0.29) is 6.61 Å². The first-order chi connectivity index (χ1) is 9.11. The Morgan fingerprint density at radius 2 is 2.16 bits per heavy atom. The van der Waals surface area contributed by atoms with Gasteiger partial charge in [-0.25, -0.2) is 0 Å². The summed E-state index contributed by atoms with van der Waals surface area (Å²) in [7, 11) is 0. The van der Waals surface area contributed by atoms with Gasteiger partial charge in [-0.15, -0.1) is 0 Å². The summed E-state index contributed by atoms with van der Waals surface area (Å²) in [5.41, 5.74) is 4.00. The number of hydrogen-bond acceptors (Lipinski definition) is 3. The molecule has 0 aromatic heterocycles. The van der Waals surface area contributed by atoms with Gasteiger partial charge >= 0.3 is 0 Å². The van der Waals surface area contributed by atoms with Gasteiger partial charge in [0.15, 0.2) is 0 Å². The highest BCUT2D eigenvalue weighted by Gasteiger charge is 2.23. The van der Waals surface area contributed by atoms with Crippen molar-refractivity contribution in [3.05, 3.63) is 29.3 Å². The lowest BCUT2D eigenvalue weighted by Crippen LogP contribution is -2.41. The third-order valence-electron chi connectivity index (χ3n) is 4.08. The second-order valence-electron chi connectivity index (χ2n) is 5.74. The minimum atomic E-state index is 0.257. The second-order valence-corrected chi connectivity index (χ2v) is 5.74. The number of aryl methyl sites for hydroxylation is 2. The zero-order valence-corrected chi connectivity index (χ0v) is 12.3. The molecule has 0 radical (unpaired) electrons. The number of aliphatic hydroxyl groups excluding tert-OH is 1. The second kappa shape index (κ2) is 6.40. The normalized spacial score (nSPS) is 24.3. The summed E-state index contributed by atoms with van der Waals surface area (Å²) in [6.45, 7) is 8.89. The van der Waals surface area contributed by atoms with E-state index < -0.39 is 0 Å². The monoisotopic (exact) mass is 262 g/mol. The van der Waals surface area contributed by atoms with Crippen molar-refractivity contribution in [2.24, 2.45) is 0 Å². The molecular formula is C16H26N2O. The van der Waals surface area contributed by atoms with E-state index in [9.17, 15) is 0 Å². The molecule has 1 aromatic rings. The highest BCUT2D eigenvalue weighted by molar-refractivity contribution is 5.55. The predicted octanol–water partition coefficient (Wildman–Crippen LogP) is 2.24. The van der Waals surface area contributed by atoms with Gasteiger partial charge in [-0.3, -0.25) is 0 Å². The summed E-state index contributed by atoms with van der Waals surface area (Å²) in [6, 6.07) is 7.60. The maximum absolute atomic E-state index is 9.17. The zero-order chi connectivity index (χ0) is 13.8. The molecule has 0 amide bonds. The van der Waals surface area contributed by atoms with Crippen LogP contribution in [0.15, 0.2) is 18.2 Å². The number of nitrogens with one attached hydrogen (secondary N) is 1. The zero-order valence-electron chi connectivity index (χ0n) is 12.3. The largest absolute Gasteiger partial charge is 0.396 e. The van der Waals surface area contributed by atoms with Crippen LogP contribution in [0.1, 0.15) is 30.9 Å². The van der Waals surface area contributed by atoms with Crippen molar-refractivity contribution >= 4 is 5.69 Å². The fourth-order valence-electron chi connectivity index (χ4n) is 2.95. The predicted molar refractivity (Wildman–Crippen MR) is 80.8 cm³/mol. The minimum Gasteiger partial charge on any atom is -0.396 e. The van der Waals surface area contributed by atoms with Crippen molar-refractivity contribution in [1.29, 1.82) is 0 Å². The molecule has 106 valence electrons. The number of nitrogens with zero attached hydrogens (tertiary/aromatic N) is 1. The van der Waals surface area contributed by atoms with E-state index in [0.29, 0.717) is 12.1 Å². The first-order valence-electron chi connectivity index (χ1n) is 7.30. The van der Waals surface area contributed by atoms with Crippen LogP contribution in [0.3, 0.4) is 0 Å². The first kappa shape index (κ1) is 14.4. The van der Waals surface area contributed by atoms with Crippen molar-refractivity contribution in [3.63, 3.8) is 0 Å². The number of anilines is 1. The summed E-state index contributed by atoms with van der Waals surface area (Å²) in [4.78, 5) is 2.50. The molecule has 2 rings (SSSR count). The summed E-state index contributed by atoms with van der Waals surface area (Å²) < 4.78 is 0. The molecular weight excluding hydrogens is 236 g/mol. The average molecular weight is 262 g/mol. The summed E-state index contributed by atoms with van der Waals surface area (Å²) in [6.07, 6.45) is 1.98. The maximum atomic E-state index is 9.17. The Morgan fingerprint density at radius 3 is 2.84 bits per heavy atom. The quantitative estimate of drug-likeness (QED) is 0.877. The van der Waals surface area contributed by atoms with Crippen molar-refractivity contribution in [2.45, 2.75) is 45.7 Å². The Labute approximate surface area is 116 Å². The topological polar surface area (TPSA) is 35.5 Å². The molecule has 0 aliphatic carbocycles. The van der Waals surface area contributed by atoms with Crippen LogP contribution in [0, 0.1) is 13.8 Å². The highest BCUT2D eigenvalue weighted by atomic mass is 16.3. The molecule has 1 fully saturated rings. The van der Waals surface area contributed by atoms with Crippen LogP contribution in [-0.4, -0.2) is 36.9 Å². The van der Waals surface area contributed by atoms with Crippen molar-refractivity contribution < 1.29 is 5.11 Å². The molecule has 1 aromatic carbocycles. The van der Waals surface area contributed by atoms with E-state index in [2.05, 4.69) is 49.2 Å². The third kappa shape index (κ3) is 3.48. The Balaban J connectivity index is 2.23. The molecule has 2 atom stereocenters. The first-order valence-corrected chi connectivity index (χ1v) is 7.30. The summed E-state index contributed by atoms with van der Waals surface area (Å²) in [5.74, 6) is 0. The molecule has 3 heteroatoms. The van der Waals surface area contributed by atoms with Crippen LogP contribution in [0.5, 0.6) is 0 Å². The maximum Gasteiger partial charge on any atom is 0.0446 e. The molecule has 2 N–H and O–H groups in total. The van der Waals surface area contributed by atoms with E-state index in [4.69, 9.17) is 5.11 Å². The lowest BCUT2D eigenvalue weighted by atomic mass is 10.1. The average Bonchev–Trinajstić information content (AvgIpc) is 2.53. The standard InChI is InChI=1S/C16H26N2O/c1-12-4-5-16(13(2)10-12)18-11-15(7-9-19)17-8-6-14(18)3/h4-5,10,14-15,17,19H,6-9,11H2,1-3H3. The molecule has 3 nitrogen and oxygen atoms in total. The molecule has 1 aliphatic rings. The van der Waals surface area contributed by atoms with Crippen LogP contribution in [-0.2, 0) is 0 Å². The lowest BCUT2D eigenvalue weighted by Gasteiger charge is -2.32. The van der Waals surface area contributed by atoms with Gasteiger partial charge < -0.3 is 15.3 Å². The van der Waals surface area contributed by atoms with E-state index in [1.54, 1.807) is 0 Å². The smallest absolute Gasteiger partial charge is 0.0446 e. The van der Waals surface area contributed by atoms with Crippen LogP contribution in [0.25, 0.3) is 0 Å². The van der Waals surface area contributed by atoms with Gasteiger partial charge in [-0.1, -0.05) is 17.7 Å². The Bertz CT molecular complexity index is 419. The van der Waals surface area contributed by atoms with Gasteiger partial charge in [0.1, 0.15) is 0 Å². The van der Waals surface area contributed by atoms with E-state index in [1.807, 2.05) is 0 Å².